The van der Waals surface area contributed by atoms with Gasteiger partial charge in [0.15, 0.2) is 0 Å². The molecule has 1 saturated heterocycles. The van der Waals surface area contributed by atoms with E-state index in [1.165, 1.54) is 6.42 Å². The predicted molar refractivity (Wildman–Crippen MR) is 82.5 cm³/mol. The Hall–Kier alpha value is -0.320. The smallest absolute Gasteiger partial charge is 0.237 e. The fourth-order valence-electron chi connectivity index (χ4n) is 2.44. The first-order chi connectivity index (χ1) is 8.41. The van der Waals surface area contributed by atoms with Crippen LogP contribution < -0.4 is 11.1 Å². The van der Waals surface area contributed by atoms with Crippen LogP contribution in [0.4, 0.5) is 0 Å². The van der Waals surface area contributed by atoms with Crippen LogP contribution in [0, 0.1) is 11.8 Å². The lowest BCUT2D eigenvalue weighted by atomic mass is 9.91. The monoisotopic (exact) mass is 291 g/mol. The Morgan fingerprint density at radius 3 is 2.53 bits per heavy atom. The lowest BCUT2D eigenvalue weighted by molar-refractivity contribution is -0.126. The molecule has 0 saturated carbocycles. The van der Waals surface area contributed by atoms with Crippen LogP contribution in [0.2, 0.25) is 0 Å². The van der Waals surface area contributed by atoms with Crippen molar-refractivity contribution in [2.24, 2.45) is 17.6 Å². The van der Waals surface area contributed by atoms with Crippen LogP contribution >= 0.6 is 12.4 Å². The summed E-state index contributed by atoms with van der Waals surface area (Å²) >= 11 is 0. The number of piperidine rings is 1. The highest BCUT2D eigenvalue weighted by molar-refractivity contribution is 5.85. The van der Waals surface area contributed by atoms with Gasteiger partial charge in [-0.15, -0.1) is 12.4 Å². The van der Waals surface area contributed by atoms with E-state index in [2.05, 4.69) is 31.0 Å². The molecule has 0 aromatic heterocycles. The van der Waals surface area contributed by atoms with Crippen LogP contribution in [0.3, 0.4) is 0 Å². The Kier molecular flexibility index (Phi) is 8.62. The number of likely N-dealkylation sites (tertiary alicyclic amines) is 1. The van der Waals surface area contributed by atoms with Crippen LogP contribution in [0.1, 0.15) is 40.5 Å². The number of amides is 1. The van der Waals surface area contributed by atoms with Gasteiger partial charge >= 0.3 is 0 Å². The Morgan fingerprint density at radius 2 is 2.00 bits per heavy atom. The number of carbonyl (C=O) groups excluding carboxylic acids is 1. The molecule has 0 spiro atoms. The van der Waals surface area contributed by atoms with Crippen molar-refractivity contribution in [2.75, 3.05) is 19.6 Å². The molecule has 3 unspecified atom stereocenters. The highest BCUT2D eigenvalue weighted by atomic mass is 35.5. The fraction of sp³-hybridized carbons (Fsp3) is 0.929. The highest BCUT2D eigenvalue weighted by Gasteiger charge is 2.28. The third-order valence-electron chi connectivity index (χ3n) is 3.84. The van der Waals surface area contributed by atoms with Crippen molar-refractivity contribution in [1.82, 2.24) is 10.2 Å². The van der Waals surface area contributed by atoms with Gasteiger partial charge in [-0.2, -0.15) is 0 Å². The summed E-state index contributed by atoms with van der Waals surface area (Å²) in [4.78, 5) is 14.3. The molecule has 114 valence electrons. The maximum atomic E-state index is 12.0. The van der Waals surface area contributed by atoms with Gasteiger partial charge in [0.05, 0.1) is 6.04 Å². The summed E-state index contributed by atoms with van der Waals surface area (Å²) in [6.45, 7) is 11.0. The lowest BCUT2D eigenvalue weighted by Gasteiger charge is -2.37. The molecule has 1 aliphatic heterocycles. The topological polar surface area (TPSA) is 58.4 Å². The summed E-state index contributed by atoms with van der Waals surface area (Å²) < 4.78 is 0. The molecular formula is C14H30ClN3O. The van der Waals surface area contributed by atoms with Gasteiger partial charge in [-0.3, -0.25) is 9.69 Å². The third-order valence-corrected chi connectivity index (χ3v) is 3.84. The highest BCUT2D eigenvalue weighted by Crippen LogP contribution is 2.20. The number of halogens is 1. The average Bonchev–Trinajstić information content (AvgIpc) is 2.35. The van der Waals surface area contributed by atoms with Gasteiger partial charge in [0, 0.05) is 19.1 Å². The normalized spacial score (nSPS) is 23.6. The molecule has 4 nitrogen and oxygen atoms in total. The van der Waals surface area contributed by atoms with E-state index < -0.39 is 0 Å². The van der Waals surface area contributed by atoms with Gasteiger partial charge in [0.2, 0.25) is 5.91 Å². The van der Waals surface area contributed by atoms with Crippen LogP contribution in [-0.4, -0.2) is 42.5 Å². The Bertz CT molecular complexity index is 271. The van der Waals surface area contributed by atoms with E-state index in [0.29, 0.717) is 11.8 Å². The van der Waals surface area contributed by atoms with Gasteiger partial charge in [-0.25, -0.2) is 0 Å². The van der Waals surface area contributed by atoms with Crippen molar-refractivity contribution in [3.63, 3.8) is 0 Å². The van der Waals surface area contributed by atoms with E-state index in [9.17, 15) is 4.79 Å². The zero-order valence-corrected chi connectivity index (χ0v) is 13.5. The summed E-state index contributed by atoms with van der Waals surface area (Å²) in [5, 5.41) is 3.01. The van der Waals surface area contributed by atoms with Crippen molar-refractivity contribution in [3.05, 3.63) is 0 Å². The summed E-state index contributed by atoms with van der Waals surface area (Å²) in [6, 6.07) is 0.184. The van der Waals surface area contributed by atoms with Gasteiger partial charge < -0.3 is 11.1 Å². The van der Waals surface area contributed by atoms with Crippen molar-refractivity contribution in [2.45, 2.75) is 52.6 Å². The second-order valence-corrected chi connectivity index (χ2v) is 6.07. The molecule has 3 atom stereocenters. The SMILES string of the molecule is CC(C)CNC(=O)C(C)N1CCCC(C(C)N)C1.Cl. The number of rotatable bonds is 5. The van der Waals surface area contributed by atoms with E-state index in [4.69, 9.17) is 5.73 Å². The van der Waals surface area contributed by atoms with E-state index >= 15 is 0 Å². The number of carbonyl (C=O) groups is 1. The van der Waals surface area contributed by atoms with E-state index in [0.717, 1.165) is 26.1 Å². The molecular weight excluding hydrogens is 262 g/mol. The minimum atomic E-state index is -0.0368. The maximum Gasteiger partial charge on any atom is 0.237 e. The molecule has 1 heterocycles. The van der Waals surface area contributed by atoms with Crippen LogP contribution in [0.15, 0.2) is 0 Å². The molecule has 0 radical (unpaired) electrons. The van der Waals surface area contributed by atoms with Crippen LogP contribution in [0.25, 0.3) is 0 Å². The second kappa shape index (κ2) is 8.77. The molecule has 19 heavy (non-hydrogen) atoms. The minimum Gasteiger partial charge on any atom is -0.354 e. The van der Waals surface area contributed by atoms with Gasteiger partial charge in [0.25, 0.3) is 0 Å². The van der Waals surface area contributed by atoms with Gasteiger partial charge in [0.1, 0.15) is 0 Å². The van der Waals surface area contributed by atoms with E-state index in [-0.39, 0.29) is 30.4 Å². The molecule has 0 aliphatic carbocycles. The fourth-order valence-corrected chi connectivity index (χ4v) is 2.44. The quantitative estimate of drug-likeness (QED) is 0.809. The Labute approximate surface area is 123 Å². The second-order valence-electron chi connectivity index (χ2n) is 6.07. The standard InChI is InChI=1S/C14H29N3O.ClH/c1-10(2)8-16-14(18)12(4)17-7-5-6-13(9-17)11(3)15;/h10-13H,5-9,15H2,1-4H3,(H,16,18);1H. The number of nitrogens with two attached hydrogens (primary N) is 1. The van der Waals surface area contributed by atoms with Gasteiger partial charge in [-0.1, -0.05) is 13.8 Å². The first kappa shape index (κ1) is 18.7. The minimum absolute atomic E-state index is 0. The van der Waals surface area contributed by atoms with Crippen molar-refractivity contribution >= 4 is 18.3 Å². The molecule has 0 bridgehead atoms. The van der Waals surface area contributed by atoms with E-state index in [1.54, 1.807) is 0 Å². The molecule has 1 amide bonds. The van der Waals surface area contributed by atoms with Gasteiger partial charge in [-0.05, 0) is 45.1 Å². The summed E-state index contributed by atoms with van der Waals surface area (Å²) in [5.41, 5.74) is 5.98. The van der Waals surface area contributed by atoms with Crippen LogP contribution in [-0.2, 0) is 4.79 Å². The summed E-state index contributed by atoms with van der Waals surface area (Å²) in [5.74, 6) is 1.17. The number of nitrogens with one attached hydrogen (secondary N) is 1. The molecule has 3 N–H and O–H groups in total. The first-order valence-corrected chi connectivity index (χ1v) is 7.19. The molecule has 1 fully saturated rings. The van der Waals surface area contributed by atoms with Crippen molar-refractivity contribution in [3.8, 4) is 0 Å². The predicted octanol–water partition coefficient (Wildman–Crippen LogP) is 1.63. The zero-order valence-electron chi connectivity index (χ0n) is 12.7. The largest absolute Gasteiger partial charge is 0.354 e. The zero-order chi connectivity index (χ0) is 13.7. The van der Waals surface area contributed by atoms with Crippen LogP contribution in [0.5, 0.6) is 0 Å². The maximum absolute atomic E-state index is 12.0. The molecule has 0 aromatic carbocycles. The summed E-state index contributed by atoms with van der Waals surface area (Å²) in [7, 11) is 0. The number of hydrogen-bond acceptors (Lipinski definition) is 3. The van der Waals surface area contributed by atoms with Crippen molar-refractivity contribution in [1.29, 1.82) is 0 Å². The Balaban J connectivity index is 0.00000324. The average molecular weight is 292 g/mol. The molecule has 1 aliphatic rings. The first-order valence-electron chi connectivity index (χ1n) is 7.19. The number of nitrogens with zero attached hydrogens (tertiary/aromatic N) is 1. The lowest BCUT2D eigenvalue weighted by Crippen LogP contribution is -2.51. The van der Waals surface area contributed by atoms with E-state index in [1.807, 2.05) is 6.92 Å². The summed E-state index contributed by atoms with van der Waals surface area (Å²) in [6.07, 6.45) is 2.34. The molecule has 5 heteroatoms. The molecule has 1 rings (SSSR count). The third kappa shape index (κ3) is 6.11. The van der Waals surface area contributed by atoms with Crippen molar-refractivity contribution < 1.29 is 4.79 Å². The number of hydrogen-bond donors (Lipinski definition) is 2. The molecule has 0 aromatic rings. The Morgan fingerprint density at radius 1 is 1.37 bits per heavy atom.